The van der Waals surface area contributed by atoms with E-state index in [0.717, 1.165) is 6.54 Å². The van der Waals surface area contributed by atoms with Crippen molar-refractivity contribution >= 4 is 17.8 Å². The predicted octanol–water partition coefficient (Wildman–Crippen LogP) is 2.29. The zero-order valence-corrected chi connectivity index (χ0v) is 13.0. The minimum absolute atomic E-state index is 0.574. The molecule has 0 amide bonds. The molecule has 2 N–H and O–H groups in total. The number of anilines is 3. The Morgan fingerprint density at radius 1 is 0.952 bits per heavy atom. The molecule has 112 valence electrons. The maximum atomic E-state index is 4.40. The Balaban J connectivity index is 2.12. The summed E-state index contributed by atoms with van der Waals surface area (Å²) in [5.74, 6) is 1.79. The molecule has 0 radical (unpaired) electrons. The van der Waals surface area contributed by atoms with Gasteiger partial charge in [-0.25, -0.2) is 0 Å². The van der Waals surface area contributed by atoms with Gasteiger partial charge in [0.25, 0.3) is 0 Å². The first-order valence-corrected chi connectivity index (χ1v) is 7.05. The molecule has 1 aromatic carbocycles. The SMILES string of the molecule is CCNc1nc(NCc2ccc(C)cc2)nc(N(C)C)n1. The van der Waals surface area contributed by atoms with Gasteiger partial charge < -0.3 is 15.5 Å². The van der Waals surface area contributed by atoms with Crippen LogP contribution in [0.2, 0.25) is 0 Å². The fourth-order valence-electron chi connectivity index (χ4n) is 1.77. The summed E-state index contributed by atoms with van der Waals surface area (Å²) in [5.41, 5.74) is 2.45. The van der Waals surface area contributed by atoms with Crippen molar-refractivity contribution in [2.45, 2.75) is 20.4 Å². The van der Waals surface area contributed by atoms with Crippen LogP contribution < -0.4 is 15.5 Å². The van der Waals surface area contributed by atoms with Crippen LogP contribution in [0.3, 0.4) is 0 Å². The fourth-order valence-corrected chi connectivity index (χ4v) is 1.77. The number of hydrogen-bond acceptors (Lipinski definition) is 6. The van der Waals surface area contributed by atoms with E-state index >= 15 is 0 Å². The predicted molar refractivity (Wildman–Crippen MR) is 86.8 cm³/mol. The average Bonchev–Trinajstić information content (AvgIpc) is 2.47. The zero-order chi connectivity index (χ0) is 15.2. The van der Waals surface area contributed by atoms with E-state index in [1.807, 2.05) is 25.9 Å². The first-order chi connectivity index (χ1) is 10.1. The van der Waals surface area contributed by atoms with Crippen molar-refractivity contribution in [1.82, 2.24) is 15.0 Å². The van der Waals surface area contributed by atoms with Crippen molar-refractivity contribution in [1.29, 1.82) is 0 Å². The molecule has 6 nitrogen and oxygen atoms in total. The van der Waals surface area contributed by atoms with E-state index in [1.165, 1.54) is 11.1 Å². The maximum absolute atomic E-state index is 4.40. The number of hydrogen-bond donors (Lipinski definition) is 2. The van der Waals surface area contributed by atoms with Crippen molar-refractivity contribution in [2.24, 2.45) is 0 Å². The molecular formula is C15H22N6. The lowest BCUT2D eigenvalue weighted by molar-refractivity contribution is 0.936. The molecule has 0 aliphatic carbocycles. The lowest BCUT2D eigenvalue weighted by Gasteiger charge is -2.13. The van der Waals surface area contributed by atoms with Gasteiger partial charge in [0.05, 0.1) is 0 Å². The highest BCUT2D eigenvalue weighted by Gasteiger charge is 2.07. The number of aryl methyl sites for hydroxylation is 1. The monoisotopic (exact) mass is 286 g/mol. The minimum atomic E-state index is 0.574. The molecule has 0 atom stereocenters. The van der Waals surface area contributed by atoms with Crippen LogP contribution in [0.5, 0.6) is 0 Å². The van der Waals surface area contributed by atoms with Crippen molar-refractivity contribution in [3.05, 3.63) is 35.4 Å². The number of nitrogens with zero attached hydrogens (tertiary/aromatic N) is 4. The molecular weight excluding hydrogens is 264 g/mol. The van der Waals surface area contributed by atoms with E-state index in [-0.39, 0.29) is 0 Å². The molecule has 0 aliphatic rings. The van der Waals surface area contributed by atoms with Gasteiger partial charge in [0.15, 0.2) is 0 Å². The van der Waals surface area contributed by atoms with Gasteiger partial charge in [0, 0.05) is 27.2 Å². The Kier molecular flexibility index (Phi) is 4.92. The Morgan fingerprint density at radius 3 is 2.14 bits per heavy atom. The number of nitrogens with one attached hydrogen (secondary N) is 2. The Labute approximate surface area is 125 Å². The van der Waals surface area contributed by atoms with Gasteiger partial charge in [-0.05, 0) is 19.4 Å². The van der Waals surface area contributed by atoms with Gasteiger partial charge >= 0.3 is 0 Å². The third kappa shape index (κ3) is 4.30. The van der Waals surface area contributed by atoms with Crippen LogP contribution in [0.1, 0.15) is 18.1 Å². The van der Waals surface area contributed by atoms with Crippen LogP contribution in [0.25, 0.3) is 0 Å². The maximum Gasteiger partial charge on any atom is 0.231 e. The fraction of sp³-hybridized carbons (Fsp3) is 0.400. The highest BCUT2D eigenvalue weighted by atomic mass is 15.3. The molecule has 0 unspecified atom stereocenters. The molecule has 0 saturated heterocycles. The van der Waals surface area contributed by atoms with Crippen LogP contribution in [0.15, 0.2) is 24.3 Å². The van der Waals surface area contributed by atoms with E-state index in [0.29, 0.717) is 24.4 Å². The van der Waals surface area contributed by atoms with E-state index in [2.05, 4.69) is 56.8 Å². The van der Waals surface area contributed by atoms with Gasteiger partial charge in [-0.2, -0.15) is 15.0 Å². The van der Waals surface area contributed by atoms with E-state index in [1.54, 1.807) is 0 Å². The second-order valence-electron chi connectivity index (χ2n) is 5.05. The van der Waals surface area contributed by atoms with Crippen LogP contribution in [-0.2, 0) is 6.54 Å². The summed E-state index contributed by atoms with van der Waals surface area (Å²) < 4.78 is 0. The van der Waals surface area contributed by atoms with Gasteiger partial charge in [-0.3, -0.25) is 0 Å². The first-order valence-electron chi connectivity index (χ1n) is 7.05. The van der Waals surface area contributed by atoms with Crippen LogP contribution in [0.4, 0.5) is 17.8 Å². The van der Waals surface area contributed by atoms with Gasteiger partial charge in [0.2, 0.25) is 17.8 Å². The molecule has 0 saturated carbocycles. The molecule has 2 aromatic rings. The van der Waals surface area contributed by atoms with Crippen molar-refractivity contribution < 1.29 is 0 Å². The summed E-state index contributed by atoms with van der Waals surface area (Å²) in [5, 5.41) is 6.37. The van der Waals surface area contributed by atoms with Crippen molar-refractivity contribution in [3.63, 3.8) is 0 Å². The zero-order valence-electron chi connectivity index (χ0n) is 13.0. The van der Waals surface area contributed by atoms with Crippen molar-refractivity contribution in [2.75, 3.05) is 36.2 Å². The molecule has 1 heterocycles. The van der Waals surface area contributed by atoms with E-state index in [4.69, 9.17) is 0 Å². The van der Waals surface area contributed by atoms with Gasteiger partial charge in [-0.1, -0.05) is 29.8 Å². The second kappa shape index (κ2) is 6.88. The minimum Gasteiger partial charge on any atom is -0.354 e. The third-order valence-corrected chi connectivity index (χ3v) is 2.93. The van der Waals surface area contributed by atoms with Crippen molar-refractivity contribution in [3.8, 4) is 0 Å². The highest BCUT2D eigenvalue weighted by Crippen LogP contribution is 2.12. The summed E-state index contributed by atoms with van der Waals surface area (Å²) >= 11 is 0. The highest BCUT2D eigenvalue weighted by molar-refractivity contribution is 5.43. The van der Waals surface area contributed by atoms with Gasteiger partial charge in [0.1, 0.15) is 0 Å². The first kappa shape index (κ1) is 15.0. The summed E-state index contributed by atoms with van der Waals surface area (Å²) in [4.78, 5) is 15.0. The normalized spacial score (nSPS) is 10.3. The smallest absolute Gasteiger partial charge is 0.231 e. The molecule has 0 fully saturated rings. The lowest BCUT2D eigenvalue weighted by Crippen LogP contribution is -2.17. The summed E-state index contributed by atoms with van der Waals surface area (Å²) in [6, 6.07) is 8.39. The topological polar surface area (TPSA) is 66.0 Å². The molecule has 0 bridgehead atoms. The Bertz CT molecular complexity index is 579. The largest absolute Gasteiger partial charge is 0.354 e. The quantitative estimate of drug-likeness (QED) is 0.849. The Morgan fingerprint density at radius 2 is 1.57 bits per heavy atom. The number of benzene rings is 1. The summed E-state index contributed by atoms with van der Waals surface area (Å²) in [6.45, 7) is 5.55. The number of aromatic nitrogens is 3. The van der Waals surface area contributed by atoms with Gasteiger partial charge in [-0.15, -0.1) is 0 Å². The van der Waals surface area contributed by atoms with E-state index < -0.39 is 0 Å². The average molecular weight is 286 g/mol. The third-order valence-electron chi connectivity index (χ3n) is 2.93. The van der Waals surface area contributed by atoms with Crippen LogP contribution in [-0.4, -0.2) is 35.6 Å². The second-order valence-corrected chi connectivity index (χ2v) is 5.05. The lowest BCUT2D eigenvalue weighted by atomic mass is 10.1. The van der Waals surface area contributed by atoms with Crippen LogP contribution in [0, 0.1) is 6.92 Å². The molecule has 21 heavy (non-hydrogen) atoms. The number of rotatable bonds is 6. The summed E-state index contributed by atoms with van der Waals surface area (Å²) in [7, 11) is 3.82. The standard InChI is InChI=1S/C15H22N6/c1-5-16-13-18-14(20-15(19-13)21(3)4)17-10-12-8-6-11(2)7-9-12/h6-9H,5,10H2,1-4H3,(H2,16,17,18,19,20). The Hall–Kier alpha value is -2.37. The molecule has 1 aromatic heterocycles. The van der Waals surface area contributed by atoms with E-state index in [9.17, 15) is 0 Å². The summed E-state index contributed by atoms with van der Waals surface area (Å²) in [6.07, 6.45) is 0. The molecule has 0 aliphatic heterocycles. The molecule has 0 spiro atoms. The van der Waals surface area contributed by atoms with Crippen LogP contribution >= 0.6 is 0 Å². The molecule has 6 heteroatoms. The molecule has 2 rings (SSSR count).